The normalized spacial score (nSPS) is 18.0. The summed E-state index contributed by atoms with van der Waals surface area (Å²) < 4.78 is 35.3. The zero-order valence-corrected chi connectivity index (χ0v) is 17.2. The SMILES string of the molecule is O=c1c2ncoc2ccn1-c1ccc(N[C@H]2CC[C@H](Nc3ncc(OC(F)F)cn3)C2)nc1. The lowest BCUT2D eigenvalue weighted by atomic mass is 10.2. The molecule has 0 aromatic carbocycles. The molecule has 1 saturated carbocycles. The van der Waals surface area contributed by atoms with Gasteiger partial charge in [-0.3, -0.25) is 9.36 Å². The second kappa shape index (κ2) is 8.81. The summed E-state index contributed by atoms with van der Waals surface area (Å²) in [6.45, 7) is -2.91. The number of halogens is 2. The van der Waals surface area contributed by atoms with Crippen LogP contribution in [0.1, 0.15) is 19.3 Å². The van der Waals surface area contributed by atoms with Crippen LogP contribution in [0.2, 0.25) is 0 Å². The highest BCUT2D eigenvalue weighted by Crippen LogP contribution is 2.25. The summed E-state index contributed by atoms with van der Waals surface area (Å²) in [6.07, 6.45) is 9.53. The lowest BCUT2D eigenvalue weighted by Gasteiger charge is -2.15. The van der Waals surface area contributed by atoms with Crippen LogP contribution < -0.4 is 20.9 Å². The molecule has 10 nitrogen and oxygen atoms in total. The van der Waals surface area contributed by atoms with Gasteiger partial charge in [-0.2, -0.15) is 8.78 Å². The van der Waals surface area contributed by atoms with Crippen LogP contribution in [0.4, 0.5) is 20.5 Å². The van der Waals surface area contributed by atoms with Crippen molar-refractivity contribution < 1.29 is 17.9 Å². The Hall–Kier alpha value is -4.09. The predicted molar refractivity (Wildman–Crippen MR) is 115 cm³/mol. The second-order valence-corrected chi connectivity index (χ2v) is 7.57. The lowest BCUT2D eigenvalue weighted by Crippen LogP contribution is -2.22. The van der Waals surface area contributed by atoms with Crippen LogP contribution in [-0.2, 0) is 0 Å². The molecule has 0 aliphatic heterocycles. The Kier molecular flexibility index (Phi) is 5.55. The first-order valence-corrected chi connectivity index (χ1v) is 10.3. The number of aromatic nitrogens is 5. The molecule has 1 fully saturated rings. The Morgan fingerprint density at radius 3 is 2.55 bits per heavy atom. The van der Waals surface area contributed by atoms with Crippen molar-refractivity contribution in [2.45, 2.75) is 38.0 Å². The fourth-order valence-electron chi connectivity index (χ4n) is 3.87. The summed E-state index contributed by atoms with van der Waals surface area (Å²) in [5.41, 5.74) is 1.06. The summed E-state index contributed by atoms with van der Waals surface area (Å²) in [5.74, 6) is 0.975. The number of anilines is 2. The molecule has 5 rings (SSSR count). The smallest absolute Gasteiger partial charge is 0.387 e. The van der Waals surface area contributed by atoms with E-state index in [2.05, 4.69) is 35.3 Å². The van der Waals surface area contributed by atoms with Gasteiger partial charge in [-0.25, -0.2) is 19.9 Å². The van der Waals surface area contributed by atoms with Gasteiger partial charge in [0.05, 0.1) is 24.3 Å². The van der Waals surface area contributed by atoms with Crippen LogP contribution in [0.3, 0.4) is 0 Å². The van der Waals surface area contributed by atoms with Crippen molar-refractivity contribution in [1.82, 2.24) is 24.5 Å². The number of rotatable bonds is 7. The molecule has 33 heavy (non-hydrogen) atoms. The van der Waals surface area contributed by atoms with Crippen molar-refractivity contribution in [3.8, 4) is 11.4 Å². The van der Waals surface area contributed by atoms with Crippen LogP contribution in [0.15, 0.2) is 58.6 Å². The number of ether oxygens (including phenoxy) is 1. The topological polar surface area (TPSA) is 120 Å². The number of oxazole rings is 1. The molecule has 0 amide bonds. The Labute approximate surface area is 185 Å². The Morgan fingerprint density at radius 1 is 1.03 bits per heavy atom. The van der Waals surface area contributed by atoms with Gasteiger partial charge >= 0.3 is 6.61 Å². The van der Waals surface area contributed by atoms with Gasteiger partial charge in [0.15, 0.2) is 23.2 Å². The average Bonchev–Trinajstić information content (AvgIpc) is 3.46. The number of nitrogens with one attached hydrogen (secondary N) is 2. The van der Waals surface area contributed by atoms with Crippen LogP contribution in [-0.4, -0.2) is 43.2 Å². The maximum absolute atomic E-state index is 12.5. The zero-order chi connectivity index (χ0) is 22.8. The quantitative estimate of drug-likeness (QED) is 0.433. The van der Waals surface area contributed by atoms with E-state index in [1.807, 2.05) is 12.1 Å². The first-order chi connectivity index (χ1) is 16.0. The molecule has 4 aromatic heterocycles. The third-order valence-corrected chi connectivity index (χ3v) is 5.39. The van der Waals surface area contributed by atoms with E-state index in [1.54, 1.807) is 18.5 Å². The first kappa shape index (κ1) is 20.8. The number of hydrogen-bond donors (Lipinski definition) is 2. The minimum absolute atomic E-state index is 0.0840. The molecule has 4 heterocycles. The van der Waals surface area contributed by atoms with E-state index < -0.39 is 6.61 Å². The van der Waals surface area contributed by atoms with Crippen LogP contribution in [0.5, 0.6) is 5.75 Å². The van der Waals surface area contributed by atoms with Crippen LogP contribution in [0, 0.1) is 0 Å². The highest BCUT2D eigenvalue weighted by molar-refractivity contribution is 5.70. The molecule has 170 valence electrons. The van der Waals surface area contributed by atoms with E-state index in [9.17, 15) is 13.6 Å². The van der Waals surface area contributed by atoms with Crippen LogP contribution in [0.25, 0.3) is 16.8 Å². The molecule has 0 radical (unpaired) electrons. The van der Waals surface area contributed by atoms with Crippen molar-refractivity contribution in [3.63, 3.8) is 0 Å². The van der Waals surface area contributed by atoms with Crippen molar-refractivity contribution in [2.24, 2.45) is 0 Å². The van der Waals surface area contributed by atoms with E-state index in [0.29, 0.717) is 23.0 Å². The molecule has 2 N–H and O–H groups in total. The summed E-state index contributed by atoms with van der Waals surface area (Å²) >= 11 is 0. The van der Waals surface area contributed by atoms with E-state index in [4.69, 9.17) is 4.42 Å². The van der Waals surface area contributed by atoms with E-state index in [0.717, 1.165) is 19.3 Å². The maximum Gasteiger partial charge on any atom is 0.387 e. The molecule has 2 atom stereocenters. The van der Waals surface area contributed by atoms with Crippen molar-refractivity contribution in [2.75, 3.05) is 10.6 Å². The maximum atomic E-state index is 12.5. The number of nitrogens with zero attached hydrogens (tertiary/aromatic N) is 5. The molecule has 0 spiro atoms. The predicted octanol–water partition coefficient (Wildman–Crippen LogP) is 3.21. The number of pyridine rings is 2. The molecule has 0 unspecified atom stereocenters. The van der Waals surface area contributed by atoms with Crippen molar-refractivity contribution >= 4 is 22.9 Å². The van der Waals surface area contributed by atoms with Crippen LogP contribution >= 0.6 is 0 Å². The highest BCUT2D eigenvalue weighted by Gasteiger charge is 2.25. The van der Waals surface area contributed by atoms with E-state index in [1.165, 1.54) is 23.4 Å². The molecule has 1 aliphatic rings. The van der Waals surface area contributed by atoms with Gasteiger partial charge < -0.3 is 19.8 Å². The fraction of sp³-hybridized carbons (Fsp3) is 0.286. The van der Waals surface area contributed by atoms with Gasteiger partial charge in [0, 0.05) is 24.3 Å². The first-order valence-electron chi connectivity index (χ1n) is 10.3. The summed E-state index contributed by atoms with van der Waals surface area (Å²) in [7, 11) is 0. The van der Waals surface area contributed by atoms with E-state index in [-0.39, 0.29) is 28.9 Å². The van der Waals surface area contributed by atoms with Gasteiger partial charge in [-0.1, -0.05) is 0 Å². The molecule has 4 aromatic rings. The summed E-state index contributed by atoms with van der Waals surface area (Å²) in [6, 6.07) is 5.64. The van der Waals surface area contributed by atoms with Gasteiger partial charge in [0.25, 0.3) is 5.56 Å². The van der Waals surface area contributed by atoms with Crippen molar-refractivity contribution in [3.05, 3.63) is 59.7 Å². The molecule has 12 heteroatoms. The lowest BCUT2D eigenvalue weighted by molar-refractivity contribution is -0.0503. The minimum atomic E-state index is -2.91. The molecular formula is C21H19F2N7O3. The standard InChI is InChI=1S/C21H19F2N7O3/c22-20(23)33-15-9-25-21(26-10-15)29-13-2-1-12(7-13)28-17-4-3-14(8-24-17)30-6-5-16-18(19(30)31)27-11-32-16/h3-6,8-13,20H,1-2,7H2,(H,24,28)(H,25,26,29)/t12-,13-/m0/s1. The van der Waals surface area contributed by atoms with E-state index >= 15 is 0 Å². The molecular weight excluding hydrogens is 436 g/mol. The number of fused-ring (bicyclic) bond motifs is 1. The minimum Gasteiger partial charge on any atom is -0.443 e. The Bertz CT molecular complexity index is 1290. The average molecular weight is 455 g/mol. The Balaban J connectivity index is 1.18. The fourth-order valence-corrected chi connectivity index (χ4v) is 3.87. The zero-order valence-electron chi connectivity index (χ0n) is 17.2. The van der Waals surface area contributed by atoms with Crippen molar-refractivity contribution in [1.29, 1.82) is 0 Å². The Morgan fingerprint density at radius 2 is 1.82 bits per heavy atom. The molecule has 1 aliphatic carbocycles. The van der Waals surface area contributed by atoms with Gasteiger partial charge in [-0.05, 0) is 31.4 Å². The monoisotopic (exact) mass is 455 g/mol. The van der Waals surface area contributed by atoms with Gasteiger partial charge in [-0.15, -0.1) is 0 Å². The van der Waals surface area contributed by atoms with Gasteiger partial charge in [0.1, 0.15) is 5.82 Å². The number of alkyl halides is 2. The largest absolute Gasteiger partial charge is 0.443 e. The van der Waals surface area contributed by atoms with Gasteiger partial charge in [0.2, 0.25) is 5.95 Å². The molecule has 0 bridgehead atoms. The highest BCUT2D eigenvalue weighted by atomic mass is 19.3. The number of hydrogen-bond acceptors (Lipinski definition) is 9. The third kappa shape index (κ3) is 4.59. The second-order valence-electron chi connectivity index (χ2n) is 7.57. The summed E-state index contributed by atoms with van der Waals surface area (Å²) in [4.78, 5) is 29.0. The summed E-state index contributed by atoms with van der Waals surface area (Å²) in [5, 5.41) is 6.61. The third-order valence-electron chi connectivity index (χ3n) is 5.39. The molecule has 0 saturated heterocycles.